The molecule has 0 saturated heterocycles. The number of hydrogen-bond acceptors (Lipinski definition) is 1. The minimum absolute atomic E-state index is 0.0129. The largest absolute Gasteiger partial charge is 0.324 e. The lowest BCUT2D eigenvalue weighted by Crippen LogP contribution is -2.18. The van der Waals surface area contributed by atoms with Crippen molar-refractivity contribution in [3.63, 3.8) is 0 Å². The predicted molar refractivity (Wildman–Crippen MR) is 48.1 cm³/mol. The van der Waals surface area contributed by atoms with Crippen LogP contribution in [0.4, 0.5) is 13.2 Å². The van der Waals surface area contributed by atoms with E-state index in [1.54, 1.807) is 13.8 Å². The number of rotatable bonds is 2. The van der Waals surface area contributed by atoms with Gasteiger partial charge in [-0.05, 0) is 12.0 Å². The summed E-state index contributed by atoms with van der Waals surface area (Å²) in [6, 6.07) is 0.715. The molecule has 1 aromatic carbocycles. The van der Waals surface area contributed by atoms with Gasteiger partial charge in [0.2, 0.25) is 0 Å². The van der Waals surface area contributed by atoms with E-state index in [0.29, 0.717) is 6.07 Å². The van der Waals surface area contributed by atoms with E-state index >= 15 is 0 Å². The Morgan fingerprint density at radius 1 is 1.00 bits per heavy atom. The van der Waals surface area contributed by atoms with Crippen LogP contribution in [0.2, 0.25) is 0 Å². The van der Waals surface area contributed by atoms with Crippen LogP contribution in [0, 0.1) is 23.4 Å². The lowest BCUT2D eigenvalue weighted by molar-refractivity contribution is 0.457. The van der Waals surface area contributed by atoms with Crippen LogP contribution in [-0.4, -0.2) is 0 Å². The van der Waals surface area contributed by atoms with Crippen molar-refractivity contribution in [1.29, 1.82) is 0 Å². The molecule has 4 heteroatoms. The molecule has 0 aliphatic heterocycles. The van der Waals surface area contributed by atoms with Crippen molar-refractivity contribution >= 4 is 0 Å². The van der Waals surface area contributed by atoms with Gasteiger partial charge in [-0.1, -0.05) is 13.8 Å². The Balaban J connectivity index is 3.15. The summed E-state index contributed by atoms with van der Waals surface area (Å²) < 4.78 is 38.5. The molecule has 0 heterocycles. The first-order valence-electron chi connectivity index (χ1n) is 4.33. The maximum atomic E-state index is 13.2. The van der Waals surface area contributed by atoms with Crippen LogP contribution in [0.3, 0.4) is 0 Å². The van der Waals surface area contributed by atoms with Crippen molar-refractivity contribution in [3.05, 3.63) is 35.1 Å². The van der Waals surface area contributed by atoms with Crippen LogP contribution < -0.4 is 5.73 Å². The minimum Gasteiger partial charge on any atom is -0.324 e. The molecule has 2 N–H and O–H groups in total. The first-order valence-corrected chi connectivity index (χ1v) is 4.33. The second kappa shape index (κ2) is 4.00. The molecule has 1 aromatic rings. The van der Waals surface area contributed by atoms with Crippen LogP contribution in [0.1, 0.15) is 25.5 Å². The molecule has 78 valence electrons. The van der Waals surface area contributed by atoms with Gasteiger partial charge in [-0.3, -0.25) is 0 Å². The second-order valence-electron chi connectivity index (χ2n) is 3.56. The lowest BCUT2D eigenvalue weighted by Gasteiger charge is -2.16. The summed E-state index contributed by atoms with van der Waals surface area (Å²) in [7, 11) is 0. The SMILES string of the molecule is CC(C)[C@@H](N)c1cc(F)c(F)cc1F. The number of nitrogens with two attached hydrogens (primary N) is 1. The van der Waals surface area contributed by atoms with E-state index in [0.717, 1.165) is 6.07 Å². The van der Waals surface area contributed by atoms with Gasteiger partial charge in [0.1, 0.15) is 5.82 Å². The van der Waals surface area contributed by atoms with Gasteiger partial charge in [-0.25, -0.2) is 13.2 Å². The van der Waals surface area contributed by atoms with Gasteiger partial charge in [0.05, 0.1) is 0 Å². The molecule has 0 fully saturated rings. The molecule has 0 spiro atoms. The molecular weight excluding hydrogens is 191 g/mol. The molecule has 0 unspecified atom stereocenters. The average Bonchev–Trinajstić information content (AvgIpc) is 2.10. The van der Waals surface area contributed by atoms with Gasteiger partial charge in [-0.2, -0.15) is 0 Å². The summed E-state index contributed by atoms with van der Waals surface area (Å²) in [4.78, 5) is 0. The molecule has 0 aliphatic carbocycles. The summed E-state index contributed by atoms with van der Waals surface area (Å²) in [5.41, 5.74) is 5.64. The fraction of sp³-hybridized carbons (Fsp3) is 0.400. The van der Waals surface area contributed by atoms with E-state index in [4.69, 9.17) is 5.73 Å². The maximum absolute atomic E-state index is 13.2. The predicted octanol–water partition coefficient (Wildman–Crippen LogP) is 2.76. The Morgan fingerprint density at radius 3 is 2.00 bits per heavy atom. The summed E-state index contributed by atoms with van der Waals surface area (Å²) in [6.07, 6.45) is 0. The summed E-state index contributed by atoms with van der Waals surface area (Å²) in [5.74, 6) is -3.10. The van der Waals surface area contributed by atoms with E-state index in [1.807, 2.05) is 0 Å². The quantitative estimate of drug-likeness (QED) is 0.735. The van der Waals surface area contributed by atoms with E-state index in [-0.39, 0.29) is 11.5 Å². The van der Waals surface area contributed by atoms with Crippen molar-refractivity contribution in [2.24, 2.45) is 11.7 Å². The fourth-order valence-electron chi connectivity index (χ4n) is 1.15. The van der Waals surface area contributed by atoms with Crippen molar-refractivity contribution < 1.29 is 13.2 Å². The maximum Gasteiger partial charge on any atom is 0.161 e. The Morgan fingerprint density at radius 2 is 1.50 bits per heavy atom. The number of halogens is 3. The zero-order chi connectivity index (χ0) is 10.9. The zero-order valence-electron chi connectivity index (χ0n) is 8.02. The van der Waals surface area contributed by atoms with Gasteiger partial charge >= 0.3 is 0 Å². The third-order valence-electron chi connectivity index (χ3n) is 2.12. The molecular formula is C10H12F3N. The Kier molecular flexibility index (Phi) is 3.16. The van der Waals surface area contributed by atoms with Gasteiger partial charge in [0.25, 0.3) is 0 Å². The zero-order valence-corrected chi connectivity index (χ0v) is 8.02. The van der Waals surface area contributed by atoms with Crippen molar-refractivity contribution in [2.75, 3.05) is 0 Å². The third-order valence-corrected chi connectivity index (χ3v) is 2.12. The Hall–Kier alpha value is -1.03. The molecule has 0 aliphatic rings. The van der Waals surface area contributed by atoms with Gasteiger partial charge in [0.15, 0.2) is 11.6 Å². The van der Waals surface area contributed by atoms with Gasteiger partial charge in [-0.15, -0.1) is 0 Å². The number of benzene rings is 1. The topological polar surface area (TPSA) is 26.0 Å². The molecule has 0 bridgehead atoms. The molecule has 0 aromatic heterocycles. The average molecular weight is 203 g/mol. The van der Waals surface area contributed by atoms with Crippen LogP contribution in [0.25, 0.3) is 0 Å². The third kappa shape index (κ3) is 2.07. The number of hydrogen-bond donors (Lipinski definition) is 1. The summed E-state index contributed by atoms with van der Waals surface area (Å²) in [5, 5.41) is 0. The van der Waals surface area contributed by atoms with Crippen LogP contribution in [-0.2, 0) is 0 Å². The summed E-state index contributed by atoms with van der Waals surface area (Å²) >= 11 is 0. The van der Waals surface area contributed by atoms with Crippen molar-refractivity contribution in [1.82, 2.24) is 0 Å². The van der Waals surface area contributed by atoms with E-state index in [1.165, 1.54) is 0 Å². The molecule has 0 saturated carbocycles. The lowest BCUT2D eigenvalue weighted by atomic mass is 9.96. The first-order chi connectivity index (χ1) is 6.43. The fourth-order valence-corrected chi connectivity index (χ4v) is 1.15. The van der Waals surface area contributed by atoms with Crippen LogP contribution >= 0.6 is 0 Å². The van der Waals surface area contributed by atoms with Gasteiger partial charge in [0, 0.05) is 17.7 Å². The normalized spacial score (nSPS) is 13.4. The molecule has 0 radical (unpaired) electrons. The van der Waals surface area contributed by atoms with E-state index < -0.39 is 23.5 Å². The van der Waals surface area contributed by atoms with E-state index in [9.17, 15) is 13.2 Å². The Labute approximate surface area is 80.7 Å². The first kappa shape index (κ1) is 11.0. The highest BCUT2D eigenvalue weighted by Crippen LogP contribution is 2.23. The van der Waals surface area contributed by atoms with Crippen LogP contribution in [0.15, 0.2) is 12.1 Å². The standard InChI is InChI=1S/C10H12F3N/c1-5(2)10(14)6-3-8(12)9(13)4-7(6)11/h3-5,10H,14H2,1-2H3/t10-/m1/s1. The van der Waals surface area contributed by atoms with Gasteiger partial charge < -0.3 is 5.73 Å². The minimum atomic E-state index is -1.19. The van der Waals surface area contributed by atoms with Crippen LogP contribution in [0.5, 0.6) is 0 Å². The molecule has 0 amide bonds. The van der Waals surface area contributed by atoms with Crippen molar-refractivity contribution in [2.45, 2.75) is 19.9 Å². The summed E-state index contributed by atoms with van der Waals surface area (Å²) in [6.45, 7) is 3.57. The van der Waals surface area contributed by atoms with Crippen molar-refractivity contribution in [3.8, 4) is 0 Å². The highest BCUT2D eigenvalue weighted by atomic mass is 19.2. The molecule has 14 heavy (non-hydrogen) atoms. The smallest absolute Gasteiger partial charge is 0.161 e. The molecule has 1 rings (SSSR count). The highest BCUT2D eigenvalue weighted by Gasteiger charge is 2.17. The molecule has 1 atom stereocenters. The highest BCUT2D eigenvalue weighted by molar-refractivity contribution is 5.23. The second-order valence-corrected chi connectivity index (χ2v) is 3.56. The molecule has 1 nitrogen and oxygen atoms in total. The van der Waals surface area contributed by atoms with E-state index in [2.05, 4.69) is 0 Å². The monoisotopic (exact) mass is 203 g/mol. The Bertz CT molecular complexity index is 336.